The van der Waals surface area contributed by atoms with Crippen LogP contribution in [0.5, 0.6) is 6.08 Å². The highest BCUT2D eigenvalue weighted by molar-refractivity contribution is 5.94. The summed E-state index contributed by atoms with van der Waals surface area (Å²) >= 11 is 0. The predicted molar refractivity (Wildman–Crippen MR) is 142 cm³/mol. The number of carboxylic acids is 1. The van der Waals surface area contributed by atoms with Crippen molar-refractivity contribution in [3.8, 4) is 17.5 Å². The number of carbonyl (C=O) groups excluding carboxylic acids is 1. The number of rotatable bonds is 13. The van der Waals surface area contributed by atoms with Gasteiger partial charge < -0.3 is 24.9 Å². The quantitative estimate of drug-likeness (QED) is 0.284. The Kier molecular flexibility index (Phi) is 9.65. The van der Waals surface area contributed by atoms with E-state index in [0.717, 1.165) is 30.5 Å². The normalized spacial score (nSPS) is 12.1. The molecular weight excluding hydrogens is 472 g/mol. The van der Waals surface area contributed by atoms with Gasteiger partial charge in [-0.3, -0.25) is 9.59 Å². The predicted octanol–water partition coefficient (Wildman–Crippen LogP) is 5.29. The number of amides is 1. The number of aromatic nitrogens is 2. The molecule has 3 N–H and O–H groups in total. The van der Waals surface area contributed by atoms with Gasteiger partial charge in [0.05, 0.1) is 12.5 Å². The summed E-state index contributed by atoms with van der Waals surface area (Å²) in [6.07, 6.45) is 2.94. The summed E-state index contributed by atoms with van der Waals surface area (Å²) in [5.41, 5.74) is 3.44. The van der Waals surface area contributed by atoms with E-state index in [9.17, 15) is 9.59 Å². The molecule has 0 aliphatic carbocycles. The van der Waals surface area contributed by atoms with Gasteiger partial charge in [0.25, 0.3) is 11.8 Å². The zero-order valence-electron chi connectivity index (χ0n) is 21.9. The fourth-order valence-corrected chi connectivity index (χ4v) is 3.66. The lowest BCUT2D eigenvalue weighted by Gasteiger charge is -2.19. The number of aliphatic carboxylic acids is 1. The smallest absolute Gasteiger partial charge is 0.414 e. The Morgan fingerprint density at radius 2 is 1.76 bits per heavy atom. The maximum absolute atomic E-state index is 12.2. The molecule has 37 heavy (non-hydrogen) atoms. The molecule has 1 atom stereocenters. The summed E-state index contributed by atoms with van der Waals surface area (Å²) in [6, 6.07) is 15.1. The minimum Gasteiger partial charge on any atom is -0.481 e. The first-order chi connectivity index (χ1) is 17.7. The van der Waals surface area contributed by atoms with Crippen molar-refractivity contribution in [2.45, 2.75) is 64.8 Å². The molecule has 3 aromatic rings. The number of nitrogens with one attached hydrogen (secondary N) is 2. The first kappa shape index (κ1) is 27.7. The maximum atomic E-state index is 12.2. The minimum atomic E-state index is -0.952. The molecule has 0 saturated carbocycles. The lowest BCUT2D eigenvalue weighted by atomic mass is 9.87. The van der Waals surface area contributed by atoms with E-state index in [0.29, 0.717) is 18.1 Å². The fourth-order valence-electron chi connectivity index (χ4n) is 3.66. The van der Waals surface area contributed by atoms with E-state index in [1.54, 1.807) is 12.1 Å². The van der Waals surface area contributed by atoms with Crippen molar-refractivity contribution in [1.29, 1.82) is 0 Å². The molecule has 2 aromatic carbocycles. The Morgan fingerprint density at radius 1 is 1.05 bits per heavy atom. The van der Waals surface area contributed by atoms with Crippen LogP contribution in [0.3, 0.4) is 0 Å². The number of carboxylic acid groups (broad SMARTS) is 1. The second-order valence-electron chi connectivity index (χ2n) is 9.97. The highest BCUT2D eigenvalue weighted by Crippen LogP contribution is 2.26. The number of carbonyl (C=O) groups is 2. The molecular formula is C28H36N4O5. The van der Waals surface area contributed by atoms with Crippen LogP contribution in [0.4, 0.5) is 5.69 Å². The van der Waals surface area contributed by atoms with Crippen molar-refractivity contribution < 1.29 is 23.8 Å². The number of hydrogen-bond donors (Lipinski definition) is 3. The molecule has 0 radical (unpaired) electrons. The van der Waals surface area contributed by atoms with Crippen LogP contribution in [-0.2, 0) is 10.2 Å². The molecule has 9 nitrogen and oxygen atoms in total. The Labute approximate surface area is 217 Å². The van der Waals surface area contributed by atoms with Gasteiger partial charge in [0, 0.05) is 23.4 Å². The average Bonchev–Trinajstić information content (AvgIpc) is 3.34. The number of benzene rings is 2. The zero-order valence-corrected chi connectivity index (χ0v) is 21.9. The Bertz CT molecular complexity index is 1150. The van der Waals surface area contributed by atoms with Crippen LogP contribution in [0.1, 0.15) is 69.3 Å². The van der Waals surface area contributed by atoms with Crippen molar-refractivity contribution in [2.75, 3.05) is 18.5 Å². The molecule has 198 valence electrons. The number of nitrogens with zero attached hydrogens (tertiary/aromatic N) is 2. The van der Waals surface area contributed by atoms with Gasteiger partial charge in [0.15, 0.2) is 0 Å². The fraction of sp³-hybridized carbons (Fsp3) is 0.429. The molecule has 3 rings (SSSR count). The number of unbranched alkanes of at least 4 members (excludes halogenated alkanes) is 1. The molecule has 0 aliphatic rings. The lowest BCUT2D eigenvalue weighted by Crippen LogP contribution is -2.27. The number of hydrogen-bond acceptors (Lipinski definition) is 7. The minimum absolute atomic E-state index is 0.00314. The highest BCUT2D eigenvalue weighted by atomic mass is 16.6. The van der Waals surface area contributed by atoms with Crippen molar-refractivity contribution >= 4 is 17.6 Å². The lowest BCUT2D eigenvalue weighted by molar-refractivity contribution is -0.136. The molecule has 9 heteroatoms. The maximum Gasteiger partial charge on any atom is 0.414 e. The summed E-state index contributed by atoms with van der Waals surface area (Å²) in [5.74, 6) is -0.851. The van der Waals surface area contributed by atoms with E-state index < -0.39 is 5.97 Å². The number of ether oxygens (including phenoxy) is 1. The van der Waals surface area contributed by atoms with Gasteiger partial charge in [-0.1, -0.05) is 57.8 Å². The highest BCUT2D eigenvalue weighted by Gasteiger charge is 2.17. The van der Waals surface area contributed by atoms with E-state index in [-0.39, 0.29) is 36.4 Å². The van der Waals surface area contributed by atoms with Crippen LogP contribution in [0.25, 0.3) is 11.5 Å². The Balaban J connectivity index is 1.57. The summed E-state index contributed by atoms with van der Waals surface area (Å²) in [4.78, 5) is 22.8. The van der Waals surface area contributed by atoms with Crippen LogP contribution >= 0.6 is 0 Å². The molecule has 1 amide bonds. The molecule has 1 heterocycles. The van der Waals surface area contributed by atoms with Gasteiger partial charge >= 0.3 is 12.0 Å². The average molecular weight is 509 g/mol. The molecule has 0 fully saturated rings. The number of anilines is 1. The van der Waals surface area contributed by atoms with Crippen LogP contribution < -0.4 is 15.4 Å². The molecule has 1 aromatic heterocycles. The van der Waals surface area contributed by atoms with Crippen molar-refractivity contribution in [3.05, 3.63) is 59.7 Å². The monoisotopic (exact) mass is 508 g/mol. The van der Waals surface area contributed by atoms with Crippen LogP contribution in [0, 0.1) is 0 Å². The van der Waals surface area contributed by atoms with Crippen LogP contribution in [0.2, 0.25) is 0 Å². The SMILES string of the molecule is CCCC[C@@H](COc1nnc(-c2ccc(C(C)(C)C)cc2)o1)Nc1ccc(C(=O)NCCC(=O)O)cc1. The second kappa shape index (κ2) is 12.9. The molecule has 0 bridgehead atoms. The molecule has 0 unspecified atom stereocenters. The Morgan fingerprint density at radius 3 is 2.38 bits per heavy atom. The standard InChI is InChI=1S/C28H36N4O5/c1-5-6-7-23(30-22-14-10-19(11-15-22)25(35)29-17-16-24(33)34)18-36-27-32-31-26(37-27)20-8-12-21(13-9-20)28(2,3)4/h8-15,23,30H,5-7,16-18H2,1-4H3,(H,29,35)(H,33,34)/t23-/m0/s1. The molecule has 0 spiro atoms. The van der Waals surface area contributed by atoms with E-state index in [1.165, 1.54) is 5.56 Å². The van der Waals surface area contributed by atoms with Gasteiger partial charge in [-0.25, -0.2) is 0 Å². The second-order valence-corrected chi connectivity index (χ2v) is 9.97. The first-order valence-electron chi connectivity index (χ1n) is 12.6. The van der Waals surface area contributed by atoms with Crippen LogP contribution in [0.15, 0.2) is 52.9 Å². The third kappa shape index (κ3) is 8.63. The Hall–Kier alpha value is -3.88. The summed E-state index contributed by atoms with van der Waals surface area (Å²) in [5, 5.41) is 22.9. The third-order valence-corrected chi connectivity index (χ3v) is 5.86. The van der Waals surface area contributed by atoms with Crippen molar-refractivity contribution in [1.82, 2.24) is 15.5 Å². The van der Waals surface area contributed by atoms with Gasteiger partial charge in [0.1, 0.15) is 6.61 Å². The van der Waals surface area contributed by atoms with Crippen LogP contribution in [-0.4, -0.2) is 46.4 Å². The molecule has 0 saturated heterocycles. The first-order valence-corrected chi connectivity index (χ1v) is 12.6. The van der Waals surface area contributed by atoms with Crippen molar-refractivity contribution in [3.63, 3.8) is 0 Å². The van der Waals surface area contributed by atoms with E-state index in [4.69, 9.17) is 14.3 Å². The van der Waals surface area contributed by atoms with Gasteiger partial charge in [-0.2, -0.15) is 0 Å². The summed E-state index contributed by atoms with van der Waals surface area (Å²) in [7, 11) is 0. The van der Waals surface area contributed by atoms with Gasteiger partial charge in [-0.05, 0) is 53.8 Å². The van der Waals surface area contributed by atoms with E-state index in [1.807, 2.05) is 24.3 Å². The van der Waals surface area contributed by atoms with Gasteiger partial charge in [-0.15, -0.1) is 5.10 Å². The topological polar surface area (TPSA) is 127 Å². The largest absolute Gasteiger partial charge is 0.481 e. The molecule has 0 aliphatic heterocycles. The zero-order chi connectivity index (χ0) is 26.8. The summed E-state index contributed by atoms with van der Waals surface area (Å²) < 4.78 is 11.6. The third-order valence-electron chi connectivity index (χ3n) is 5.86. The van der Waals surface area contributed by atoms with E-state index in [2.05, 4.69) is 60.7 Å². The van der Waals surface area contributed by atoms with E-state index >= 15 is 0 Å². The van der Waals surface area contributed by atoms with Crippen molar-refractivity contribution in [2.24, 2.45) is 0 Å². The summed E-state index contributed by atoms with van der Waals surface area (Å²) in [6.45, 7) is 9.05. The van der Waals surface area contributed by atoms with Gasteiger partial charge in [0.2, 0.25) is 0 Å².